The van der Waals surface area contributed by atoms with Crippen LogP contribution < -0.4 is 0 Å². The first-order valence-corrected chi connectivity index (χ1v) is 6.22. The Labute approximate surface area is 110 Å². The number of aryl methyl sites for hydroxylation is 1. The molecule has 0 unspecified atom stereocenters. The summed E-state index contributed by atoms with van der Waals surface area (Å²) in [6.45, 7) is 0.710. The summed E-state index contributed by atoms with van der Waals surface area (Å²) < 4.78 is 2.18. The summed E-state index contributed by atoms with van der Waals surface area (Å²) in [5.74, 6) is 0. The third-order valence-corrected chi connectivity index (χ3v) is 3.42. The monoisotopic (exact) mass is 254 g/mol. The Morgan fingerprint density at radius 3 is 2.67 bits per heavy atom. The van der Waals surface area contributed by atoms with Crippen LogP contribution in [0.25, 0.3) is 21.8 Å². The Morgan fingerprint density at radius 1 is 1.06 bits per heavy atom. The van der Waals surface area contributed by atoms with E-state index in [1.54, 1.807) is 0 Å². The molecule has 3 heteroatoms. The van der Waals surface area contributed by atoms with Gasteiger partial charge >= 0.3 is 0 Å². The molecule has 1 aromatic heterocycles. The van der Waals surface area contributed by atoms with Crippen LogP contribution in [0.4, 0.5) is 0 Å². The normalized spacial score (nSPS) is 10.9. The number of halogens is 1. The highest BCUT2D eigenvalue weighted by molar-refractivity contribution is 6.31. The maximum absolute atomic E-state index is 8.77. The Balaban J connectivity index is 2.39. The Hall–Kier alpha value is -1.98. The summed E-state index contributed by atoms with van der Waals surface area (Å²) >= 11 is 6.07. The molecule has 0 aliphatic carbocycles. The predicted octanol–water partition coefficient (Wildman–Crippen LogP) is 4.36. The molecule has 3 rings (SSSR count). The van der Waals surface area contributed by atoms with Crippen molar-refractivity contribution in [2.45, 2.75) is 13.0 Å². The number of para-hydroxylation sites is 1. The highest BCUT2D eigenvalue weighted by atomic mass is 35.5. The molecule has 0 saturated carbocycles. The summed E-state index contributed by atoms with van der Waals surface area (Å²) in [5, 5.41) is 11.8. The van der Waals surface area contributed by atoms with Crippen molar-refractivity contribution in [1.29, 1.82) is 5.26 Å². The van der Waals surface area contributed by atoms with Crippen molar-refractivity contribution in [2.75, 3.05) is 0 Å². The fraction of sp³-hybridized carbons (Fsp3) is 0.133. The van der Waals surface area contributed by atoms with Gasteiger partial charge in [-0.15, -0.1) is 0 Å². The zero-order chi connectivity index (χ0) is 12.5. The number of rotatable bonds is 2. The van der Waals surface area contributed by atoms with Gasteiger partial charge in [0.25, 0.3) is 0 Å². The highest BCUT2D eigenvalue weighted by Gasteiger charge is 2.09. The standard InChI is InChI=1S/C15H11ClN2/c16-11-6-7-15-13(10-11)12-4-1-2-5-14(12)18(15)9-3-8-17/h1-2,4-7,10H,3,9H2. The van der Waals surface area contributed by atoms with Gasteiger partial charge in [-0.1, -0.05) is 29.8 Å². The lowest BCUT2D eigenvalue weighted by Crippen LogP contribution is -1.96. The van der Waals surface area contributed by atoms with Gasteiger partial charge in [-0.2, -0.15) is 5.26 Å². The molecule has 0 saturated heterocycles. The molecule has 0 amide bonds. The molecule has 88 valence electrons. The fourth-order valence-corrected chi connectivity index (χ4v) is 2.60. The van der Waals surface area contributed by atoms with Crippen molar-refractivity contribution >= 4 is 33.4 Å². The summed E-state index contributed by atoms with van der Waals surface area (Å²) in [5.41, 5.74) is 2.29. The lowest BCUT2D eigenvalue weighted by molar-refractivity contribution is 0.768. The van der Waals surface area contributed by atoms with Crippen molar-refractivity contribution in [3.05, 3.63) is 47.5 Å². The fourth-order valence-electron chi connectivity index (χ4n) is 2.43. The topological polar surface area (TPSA) is 28.7 Å². The molecular formula is C15H11ClN2. The lowest BCUT2D eigenvalue weighted by Gasteiger charge is -2.03. The van der Waals surface area contributed by atoms with Crippen molar-refractivity contribution < 1.29 is 0 Å². The van der Waals surface area contributed by atoms with E-state index in [2.05, 4.69) is 22.8 Å². The summed E-state index contributed by atoms with van der Waals surface area (Å²) in [6.07, 6.45) is 0.510. The second-order valence-electron chi connectivity index (χ2n) is 4.24. The molecule has 2 nitrogen and oxygen atoms in total. The van der Waals surface area contributed by atoms with Gasteiger partial charge in [-0.05, 0) is 24.3 Å². The molecule has 0 atom stereocenters. The number of hydrogen-bond acceptors (Lipinski definition) is 1. The first kappa shape index (κ1) is 11.1. The van der Waals surface area contributed by atoms with Crippen LogP contribution in [0.5, 0.6) is 0 Å². The molecule has 0 aliphatic heterocycles. The third kappa shape index (κ3) is 1.64. The molecular weight excluding hydrogens is 244 g/mol. The SMILES string of the molecule is N#CCCn1c2ccccc2c2cc(Cl)ccc21. The zero-order valence-corrected chi connectivity index (χ0v) is 10.5. The van der Waals surface area contributed by atoms with E-state index >= 15 is 0 Å². The molecule has 3 aromatic rings. The van der Waals surface area contributed by atoms with Crippen LogP contribution in [0.3, 0.4) is 0 Å². The summed E-state index contributed by atoms with van der Waals surface area (Å²) in [6, 6.07) is 16.3. The number of benzene rings is 2. The number of fused-ring (bicyclic) bond motifs is 3. The van der Waals surface area contributed by atoms with Gasteiger partial charge in [0.1, 0.15) is 0 Å². The molecule has 0 spiro atoms. The van der Waals surface area contributed by atoms with Gasteiger partial charge in [0.15, 0.2) is 0 Å². The molecule has 18 heavy (non-hydrogen) atoms. The maximum Gasteiger partial charge on any atom is 0.0640 e. The Morgan fingerprint density at radius 2 is 1.83 bits per heavy atom. The smallest absolute Gasteiger partial charge is 0.0640 e. The maximum atomic E-state index is 8.77. The first-order chi connectivity index (χ1) is 8.81. The lowest BCUT2D eigenvalue weighted by atomic mass is 10.2. The minimum absolute atomic E-state index is 0.510. The van der Waals surface area contributed by atoms with Crippen molar-refractivity contribution in [3.8, 4) is 6.07 Å². The Kier molecular flexibility index (Phi) is 2.70. The van der Waals surface area contributed by atoms with E-state index < -0.39 is 0 Å². The highest BCUT2D eigenvalue weighted by Crippen LogP contribution is 2.30. The third-order valence-electron chi connectivity index (χ3n) is 3.18. The summed E-state index contributed by atoms with van der Waals surface area (Å²) in [4.78, 5) is 0. The largest absolute Gasteiger partial charge is 0.339 e. The van der Waals surface area contributed by atoms with E-state index in [1.165, 1.54) is 5.39 Å². The van der Waals surface area contributed by atoms with Gasteiger partial charge in [0, 0.05) is 33.4 Å². The number of hydrogen-bond donors (Lipinski definition) is 0. The molecule has 0 fully saturated rings. The summed E-state index contributed by atoms with van der Waals surface area (Å²) in [7, 11) is 0. The first-order valence-electron chi connectivity index (χ1n) is 5.84. The van der Waals surface area contributed by atoms with E-state index in [9.17, 15) is 0 Å². The minimum Gasteiger partial charge on any atom is -0.339 e. The Bertz CT molecular complexity index is 765. The predicted molar refractivity (Wildman–Crippen MR) is 74.7 cm³/mol. The van der Waals surface area contributed by atoms with E-state index in [1.807, 2.05) is 30.3 Å². The van der Waals surface area contributed by atoms with Crippen LogP contribution in [0, 0.1) is 11.3 Å². The minimum atomic E-state index is 0.510. The number of nitrogens with zero attached hydrogens (tertiary/aromatic N) is 2. The van der Waals surface area contributed by atoms with Crippen LogP contribution in [0.2, 0.25) is 5.02 Å². The van der Waals surface area contributed by atoms with Crippen LogP contribution >= 0.6 is 11.6 Å². The van der Waals surface area contributed by atoms with E-state index in [-0.39, 0.29) is 0 Å². The average molecular weight is 255 g/mol. The number of aromatic nitrogens is 1. The van der Waals surface area contributed by atoms with E-state index in [4.69, 9.17) is 16.9 Å². The van der Waals surface area contributed by atoms with E-state index in [0.717, 1.165) is 21.4 Å². The van der Waals surface area contributed by atoms with Gasteiger partial charge in [-0.25, -0.2) is 0 Å². The average Bonchev–Trinajstić information content (AvgIpc) is 2.70. The molecule has 0 N–H and O–H groups in total. The van der Waals surface area contributed by atoms with Crippen molar-refractivity contribution in [3.63, 3.8) is 0 Å². The quantitative estimate of drug-likeness (QED) is 0.668. The van der Waals surface area contributed by atoms with Crippen molar-refractivity contribution in [1.82, 2.24) is 4.57 Å². The zero-order valence-electron chi connectivity index (χ0n) is 9.73. The number of nitriles is 1. The van der Waals surface area contributed by atoms with Crippen LogP contribution in [-0.2, 0) is 6.54 Å². The van der Waals surface area contributed by atoms with E-state index in [0.29, 0.717) is 13.0 Å². The second-order valence-corrected chi connectivity index (χ2v) is 4.67. The molecule has 0 aliphatic rings. The molecule has 2 aromatic carbocycles. The van der Waals surface area contributed by atoms with Crippen LogP contribution in [0.15, 0.2) is 42.5 Å². The molecule has 1 heterocycles. The molecule has 0 radical (unpaired) electrons. The van der Waals surface area contributed by atoms with Gasteiger partial charge in [-0.3, -0.25) is 0 Å². The van der Waals surface area contributed by atoms with Gasteiger partial charge in [0.2, 0.25) is 0 Å². The van der Waals surface area contributed by atoms with Crippen LogP contribution in [0.1, 0.15) is 6.42 Å². The second kappa shape index (κ2) is 4.36. The molecule has 0 bridgehead atoms. The van der Waals surface area contributed by atoms with Gasteiger partial charge in [0.05, 0.1) is 12.5 Å². The van der Waals surface area contributed by atoms with Gasteiger partial charge < -0.3 is 4.57 Å². The van der Waals surface area contributed by atoms with Crippen LogP contribution in [-0.4, -0.2) is 4.57 Å². The van der Waals surface area contributed by atoms with Crippen molar-refractivity contribution in [2.24, 2.45) is 0 Å².